The predicted octanol–water partition coefficient (Wildman–Crippen LogP) is 7.60. The van der Waals surface area contributed by atoms with Crippen molar-refractivity contribution in [2.75, 3.05) is 20.8 Å². The van der Waals surface area contributed by atoms with Gasteiger partial charge in [0.05, 0.1) is 14.1 Å². The van der Waals surface area contributed by atoms with Crippen LogP contribution in [0.3, 0.4) is 0 Å². The molecule has 0 aliphatic carbocycles. The Bertz CT molecular complexity index is 541. The normalized spacial score (nSPS) is 11.6. The van der Waals surface area contributed by atoms with Gasteiger partial charge in [0.2, 0.25) is 5.91 Å². The molecule has 0 bridgehead atoms. The van der Waals surface area contributed by atoms with Crippen molar-refractivity contribution >= 4 is 5.91 Å². The molecule has 0 spiro atoms. The van der Waals surface area contributed by atoms with Crippen molar-refractivity contribution < 1.29 is 9.28 Å². The quantitative estimate of drug-likeness (QED) is 0.128. The third-order valence-electron chi connectivity index (χ3n) is 6.17. The maximum Gasteiger partial charge on any atom is 0.224 e. The van der Waals surface area contributed by atoms with Crippen LogP contribution < -0.4 is 5.32 Å². The summed E-state index contributed by atoms with van der Waals surface area (Å²) in [4.78, 5) is 12.2. The standard InChI is InChI=1S/C28H50N2O/c1-4-5-6-7-8-9-10-11-12-13-14-15-16-17-21-24-28(31)29-26-30(2,3)25-27-22-19-18-20-23-27/h18-20,22-23H,4-17,21,24-26H2,1-3H3/p+1. The van der Waals surface area contributed by atoms with Gasteiger partial charge in [0.15, 0.2) is 6.67 Å². The van der Waals surface area contributed by atoms with Gasteiger partial charge in [-0.1, -0.05) is 127 Å². The summed E-state index contributed by atoms with van der Waals surface area (Å²) in [5.74, 6) is 0.203. The second-order valence-corrected chi connectivity index (χ2v) is 10.0. The Morgan fingerprint density at radius 1 is 0.710 bits per heavy atom. The summed E-state index contributed by atoms with van der Waals surface area (Å²) in [7, 11) is 4.34. The van der Waals surface area contributed by atoms with Crippen LogP contribution in [0.2, 0.25) is 0 Å². The van der Waals surface area contributed by atoms with Crippen molar-refractivity contribution in [1.29, 1.82) is 0 Å². The SMILES string of the molecule is CCCCCCCCCCCCCCCCCC(=O)NC[N+](C)(C)Cc1ccccc1. The maximum atomic E-state index is 12.2. The minimum Gasteiger partial charge on any atom is -0.309 e. The predicted molar refractivity (Wildman–Crippen MR) is 135 cm³/mol. The van der Waals surface area contributed by atoms with Crippen LogP contribution in [0.5, 0.6) is 0 Å². The van der Waals surface area contributed by atoms with Gasteiger partial charge in [-0.25, -0.2) is 0 Å². The lowest BCUT2D eigenvalue weighted by Crippen LogP contribution is -2.47. The van der Waals surface area contributed by atoms with E-state index in [-0.39, 0.29) is 5.91 Å². The minimum atomic E-state index is 0.203. The fraction of sp³-hybridized carbons (Fsp3) is 0.750. The van der Waals surface area contributed by atoms with Crippen molar-refractivity contribution in [3.05, 3.63) is 35.9 Å². The largest absolute Gasteiger partial charge is 0.309 e. The summed E-state index contributed by atoms with van der Waals surface area (Å²) < 4.78 is 0.772. The van der Waals surface area contributed by atoms with Gasteiger partial charge in [0.25, 0.3) is 0 Å². The number of carbonyl (C=O) groups excluding carboxylic acids is 1. The van der Waals surface area contributed by atoms with E-state index in [0.29, 0.717) is 13.1 Å². The number of nitrogens with zero attached hydrogens (tertiary/aromatic N) is 1. The van der Waals surface area contributed by atoms with E-state index in [4.69, 9.17) is 0 Å². The molecule has 1 amide bonds. The Hall–Kier alpha value is -1.35. The maximum absolute atomic E-state index is 12.2. The van der Waals surface area contributed by atoms with E-state index in [1.165, 1.54) is 95.5 Å². The third kappa shape index (κ3) is 16.9. The number of carbonyl (C=O) groups is 1. The van der Waals surface area contributed by atoms with E-state index in [1.807, 2.05) is 6.07 Å². The summed E-state index contributed by atoms with van der Waals surface area (Å²) in [6, 6.07) is 10.5. The zero-order valence-electron chi connectivity index (χ0n) is 21.0. The fourth-order valence-electron chi connectivity index (χ4n) is 4.18. The number of unbranched alkanes of at least 4 members (excludes halogenated alkanes) is 14. The smallest absolute Gasteiger partial charge is 0.224 e. The lowest BCUT2D eigenvalue weighted by atomic mass is 10.0. The van der Waals surface area contributed by atoms with Gasteiger partial charge in [0, 0.05) is 12.0 Å². The second-order valence-electron chi connectivity index (χ2n) is 10.0. The first-order chi connectivity index (χ1) is 15.0. The highest BCUT2D eigenvalue weighted by Crippen LogP contribution is 2.14. The monoisotopic (exact) mass is 431 g/mol. The summed E-state index contributed by atoms with van der Waals surface area (Å²) in [6.45, 7) is 3.90. The highest BCUT2D eigenvalue weighted by atomic mass is 16.1. The molecule has 0 unspecified atom stereocenters. The molecular weight excluding hydrogens is 380 g/mol. The molecule has 1 N–H and O–H groups in total. The first-order valence-corrected chi connectivity index (χ1v) is 13.2. The number of benzene rings is 1. The van der Waals surface area contributed by atoms with Crippen LogP contribution in [-0.2, 0) is 11.3 Å². The number of hydrogen-bond donors (Lipinski definition) is 1. The van der Waals surface area contributed by atoms with E-state index in [2.05, 4.69) is 50.6 Å². The molecule has 1 rings (SSSR count). The van der Waals surface area contributed by atoms with Gasteiger partial charge in [0.1, 0.15) is 6.54 Å². The molecule has 31 heavy (non-hydrogen) atoms. The van der Waals surface area contributed by atoms with Crippen LogP contribution in [0.4, 0.5) is 0 Å². The summed E-state index contributed by atoms with van der Waals surface area (Å²) in [5.41, 5.74) is 1.31. The zero-order valence-corrected chi connectivity index (χ0v) is 21.0. The molecule has 0 saturated heterocycles. The Morgan fingerprint density at radius 2 is 1.16 bits per heavy atom. The van der Waals surface area contributed by atoms with Crippen LogP contribution >= 0.6 is 0 Å². The van der Waals surface area contributed by atoms with Crippen molar-refractivity contribution in [2.45, 2.75) is 116 Å². The van der Waals surface area contributed by atoms with E-state index in [0.717, 1.165) is 17.4 Å². The van der Waals surface area contributed by atoms with E-state index in [1.54, 1.807) is 0 Å². The molecule has 178 valence electrons. The van der Waals surface area contributed by atoms with Gasteiger partial charge in [-0.2, -0.15) is 0 Å². The fourth-order valence-corrected chi connectivity index (χ4v) is 4.18. The van der Waals surface area contributed by atoms with Gasteiger partial charge in [-0.15, -0.1) is 0 Å². The minimum absolute atomic E-state index is 0.203. The van der Waals surface area contributed by atoms with Crippen molar-refractivity contribution in [2.24, 2.45) is 0 Å². The Morgan fingerprint density at radius 3 is 1.65 bits per heavy atom. The van der Waals surface area contributed by atoms with Crippen LogP contribution in [-0.4, -0.2) is 31.2 Å². The molecule has 0 aliphatic rings. The molecule has 0 saturated carbocycles. The van der Waals surface area contributed by atoms with Crippen LogP contribution in [0.15, 0.2) is 30.3 Å². The molecule has 1 aromatic carbocycles. The lowest BCUT2D eigenvalue weighted by Gasteiger charge is -2.29. The second kappa shape index (κ2) is 18.2. The molecular formula is C28H51N2O+. The Balaban J connectivity index is 1.88. The van der Waals surface area contributed by atoms with Crippen molar-refractivity contribution in [3.8, 4) is 0 Å². The van der Waals surface area contributed by atoms with Gasteiger partial charge >= 0.3 is 0 Å². The summed E-state index contributed by atoms with van der Waals surface area (Å²) in [5, 5.41) is 3.13. The number of rotatable bonds is 20. The van der Waals surface area contributed by atoms with Crippen molar-refractivity contribution in [1.82, 2.24) is 5.32 Å². The molecule has 3 nitrogen and oxygen atoms in total. The Labute approximate surface area is 193 Å². The molecule has 1 aromatic rings. The first kappa shape index (κ1) is 27.7. The third-order valence-corrected chi connectivity index (χ3v) is 6.17. The molecule has 0 atom stereocenters. The van der Waals surface area contributed by atoms with E-state index < -0.39 is 0 Å². The summed E-state index contributed by atoms with van der Waals surface area (Å²) in [6.07, 6.45) is 21.0. The first-order valence-electron chi connectivity index (χ1n) is 13.2. The number of amides is 1. The van der Waals surface area contributed by atoms with Crippen LogP contribution in [0.25, 0.3) is 0 Å². The average molecular weight is 432 g/mol. The number of nitrogens with one attached hydrogen (secondary N) is 1. The molecule has 0 radical (unpaired) electrons. The number of hydrogen-bond acceptors (Lipinski definition) is 1. The lowest BCUT2D eigenvalue weighted by molar-refractivity contribution is -0.905. The number of quaternary nitrogens is 1. The van der Waals surface area contributed by atoms with Gasteiger partial charge < -0.3 is 9.80 Å². The summed E-state index contributed by atoms with van der Waals surface area (Å²) >= 11 is 0. The molecule has 0 heterocycles. The molecule has 0 aromatic heterocycles. The van der Waals surface area contributed by atoms with Gasteiger partial charge in [-0.05, 0) is 6.42 Å². The molecule has 0 fully saturated rings. The van der Waals surface area contributed by atoms with Crippen LogP contribution in [0.1, 0.15) is 115 Å². The molecule has 0 aliphatic heterocycles. The highest BCUT2D eigenvalue weighted by molar-refractivity contribution is 5.75. The molecule has 3 heteroatoms. The van der Waals surface area contributed by atoms with Gasteiger partial charge in [-0.3, -0.25) is 4.79 Å². The average Bonchev–Trinajstić information content (AvgIpc) is 2.75. The zero-order chi connectivity index (χ0) is 22.6. The highest BCUT2D eigenvalue weighted by Gasteiger charge is 2.16. The van der Waals surface area contributed by atoms with Crippen LogP contribution in [0, 0.1) is 0 Å². The van der Waals surface area contributed by atoms with Crippen molar-refractivity contribution in [3.63, 3.8) is 0 Å². The Kier molecular flexibility index (Phi) is 16.3. The van der Waals surface area contributed by atoms with E-state index in [9.17, 15) is 4.79 Å². The van der Waals surface area contributed by atoms with E-state index >= 15 is 0 Å². The topological polar surface area (TPSA) is 29.1 Å².